The van der Waals surface area contributed by atoms with E-state index in [9.17, 15) is 14.4 Å². The average Bonchev–Trinajstić information content (AvgIpc) is 2.85. The molecule has 0 saturated heterocycles. The molecule has 0 atom stereocenters. The fraction of sp³-hybridized carbons (Fsp3) is 0.167. The maximum atomic E-state index is 12.9. The van der Waals surface area contributed by atoms with Crippen molar-refractivity contribution in [3.63, 3.8) is 0 Å². The third-order valence-electron chi connectivity index (χ3n) is 5.38. The second-order valence-electron chi connectivity index (χ2n) is 7.50. The minimum Gasteiger partial charge on any atom is -0.384 e. The third-order valence-corrected chi connectivity index (χ3v) is 5.38. The summed E-state index contributed by atoms with van der Waals surface area (Å²) in [5.74, 6) is -0.202. The van der Waals surface area contributed by atoms with Gasteiger partial charge in [0.1, 0.15) is 29.2 Å². The van der Waals surface area contributed by atoms with Gasteiger partial charge in [-0.05, 0) is 30.7 Å². The lowest BCUT2D eigenvalue weighted by Gasteiger charge is -2.15. The standard InChI is InChI=1S/C24H23N7O3/c1-3-31-22(25)20(24(34)26-2)21(33)16-8-9-17(29-23(16)31)15-6-4-14(5-7-15)12-19(32)30-18-10-11-27-13-28-18/h4-11,13H,3,12,25H2,1-2H3,(H,26,34)(H,27,28,30,32). The van der Waals surface area contributed by atoms with Gasteiger partial charge >= 0.3 is 0 Å². The summed E-state index contributed by atoms with van der Waals surface area (Å²) in [5, 5.41) is 5.50. The van der Waals surface area contributed by atoms with Crippen LogP contribution >= 0.6 is 0 Å². The summed E-state index contributed by atoms with van der Waals surface area (Å²) < 4.78 is 1.65. The first-order valence-electron chi connectivity index (χ1n) is 10.6. The number of nitrogens with zero attached hydrogens (tertiary/aromatic N) is 4. The number of hydrogen-bond acceptors (Lipinski definition) is 7. The number of rotatable bonds is 6. The molecule has 3 aromatic heterocycles. The molecule has 172 valence electrons. The molecule has 0 aliphatic rings. The lowest BCUT2D eigenvalue weighted by molar-refractivity contribution is -0.115. The van der Waals surface area contributed by atoms with Crippen molar-refractivity contribution in [2.75, 3.05) is 18.1 Å². The van der Waals surface area contributed by atoms with E-state index >= 15 is 0 Å². The Bertz CT molecular complexity index is 1430. The molecule has 4 aromatic rings. The van der Waals surface area contributed by atoms with Crippen LogP contribution in [0.3, 0.4) is 0 Å². The van der Waals surface area contributed by atoms with Crippen molar-refractivity contribution >= 4 is 34.5 Å². The molecule has 0 unspecified atom stereocenters. The predicted molar refractivity (Wildman–Crippen MR) is 129 cm³/mol. The number of carbonyl (C=O) groups excluding carboxylic acids is 2. The Morgan fingerprint density at radius 3 is 2.50 bits per heavy atom. The highest BCUT2D eigenvalue weighted by Crippen LogP contribution is 2.23. The summed E-state index contributed by atoms with van der Waals surface area (Å²) in [4.78, 5) is 49.8. The Labute approximate surface area is 194 Å². The van der Waals surface area contributed by atoms with Crippen molar-refractivity contribution < 1.29 is 9.59 Å². The number of hydrogen-bond donors (Lipinski definition) is 3. The van der Waals surface area contributed by atoms with E-state index in [0.717, 1.165) is 11.1 Å². The Morgan fingerprint density at radius 2 is 1.85 bits per heavy atom. The number of fused-ring (bicyclic) bond motifs is 1. The fourth-order valence-corrected chi connectivity index (χ4v) is 3.69. The molecule has 10 heteroatoms. The maximum Gasteiger partial charge on any atom is 0.258 e. The molecule has 10 nitrogen and oxygen atoms in total. The highest BCUT2D eigenvalue weighted by atomic mass is 16.2. The van der Waals surface area contributed by atoms with Crippen LogP contribution in [0.15, 0.2) is 59.8 Å². The number of benzene rings is 1. The van der Waals surface area contributed by atoms with Crippen LogP contribution in [0.4, 0.5) is 11.6 Å². The zero-order chi connectivity index (χ0) is 24.2. The lowest BCUT2D eigenvalue weighted by atomic mass is 10.1. The minimum absolute atomic E-state index is 0.0778. The van der Waals surface area contributed by atoms with E-state index in [1.807, 2.05) is 31.2 Å². The molecular weight excluding hydrogens is 434 g/mol. The van der Waals surface area contributed by atoms with E-state index in [4.69, 9.17) is 5.73 Å². The maximum absolute atomic E-state index is 12.9. The quantitative estimate of drug-likeness (QED) is 0.401. The first-order chi connectivity index (χ1) is 16.4. The van der Waals surface area contributed by atoms with Gasteiger partial charge in [0.05, 0.1) is 17.5 Å². The highest BCUT2D eigenvalue weighted by Gasteiger charge is 2.20. The SMILES string of the molecule is CCn1c(N)c(C(=O)NC)c(=O)c2ccc(-c3ccc(CC(=O)Nc4ccncn4)cc3)nc21. The number of nitrogen functional groups attached to an aromatic ring is 1. The summed E-state index contributed by atoms with van der Waals surface area (Å²) in [5.41, 5.74) is 8.29. The van der Waals surface area contributed by atoms with E-state index in [0.29, 0.717) is 29.1 Å². The monoisotopic (exact) mass is 457 g/mol. The predicted octanol–water partition coefficient (Wildman–Crippen LogP) is 2.00. The van der Waals surface area contributed by atoms with Gasteiger partial charge in [-0.1, -0.05) is 24.3 Å². The number of aromatic nitrogens is 4. The molecule has 0 radical (unpaired) electrons. The van der Waals surface area contributed by atoms with Gasteiger partial charge in [-0.15, -0.1) is 0 Å². The Hall–Kier alpha value is -4.60. The third kappa shape index (κ3) is 4.33. The number of pyridine rings is 2. The number of carbonyl (C=O) groups is 2. The zero-order valence-corrected chi connectivity index (χ0v) is 18.7. The van der Waals surface area contributed by atoms with Crippen molar-refractivity contribution in [3.05, 3.63) is 76.3 Å². The van der Waals surface area contributed by atoms with Gasteiger partial charge in [-0.2, -0.15) is 0 Å². The summed E-state index contributed by atoms with van der Waals surface area (Å²) in [6.45, 7) is 2.30. The van der Waals surface area contributed by atoms with Gasteiger partial charge in [-0.25, -0.2) is 15.0 Å². The molecule has 4 N–H and O–H groups in total. The highest BCUT2D eigenvalue weighted by molar-refractivity contribution is 6.01. The fourth-order valence-electron chi connectivity index (χ4n) is 3.69. The summed E-state index contributed by atoms with van der Waals surface area (Å²) in [6, 6.07) is 12.4. The second kappa shape index (κ2) is 9.49. The number of anilines is 2. The Morgan fingerprint density at radius 1 is 1.09 bits per heavy atom. The van der Waals surface area contributed by atoms with Gasteiger partial charge in [0.25, 0.3) is 5.91 Å². The molecule has 3 heterocycles. The van der Waals surface area contributed by atoms with Crippen molar-refractivity contribution in [1.82, 2.24) is 24.8 Å². The normalized spacial score (nSPS) is 10.8. The van der Waals surface area contributed by atoms with Gasteiger partial charge < -0.3 is 20.9 Å². The molecule has 0 aliphatic carbocycles. The van der Waals surface area contributed by atoms with Crippen LogP contribution in [-0.4, -0.2) is 38.4 Å². The lowest BCUT2D eigenvalue weighted by Crippen LogP contribution is -2.30. The molecule has 34 heavy (non-hydrogen) atoms. The molecule has 0 bridgehead atoms. The topological polar surface area (TPSA) is 145 Å². The number of amides is 2. The van der Waals surface area contributed by atoms with Gasteiger partial charge in [-0.3, -0.25) is 14.4 Å². The van der Waals surface area contributed by atoms with Crippen molar-refractivity contribution in [1.29, 1.82) is 0 Å². The number of nitrogens with one attached hydrogen (secondary N) is 2. The van der Waals surface area contributed by atoms with Crippen LogP contribution in [-0.2, 0) is 17.8 Å². The van der Waals surface area contributed by atoms with Gasteiger partial charge in [0.15, 0.2) is 0 Å². The van der Waals surface area contributed by atoms with Gasteiger partial charge in [0.2, 0.25) is 11.3 Å². The van der Waals surface area contributed by atoms with Crippen molar-refractivity contribution in [2.24, 2.45) is 0 Å². The van der Waals surface area contributed by atoms with Crippen molar-refractivity contribution in [2.45, 2.75) is 19.9 Å². The number of nitrogens with two attached hydrogens (primary N) is 1. The first-order valence-corrected chi connectivity index (χ1v) is 10.6. The molecule has 4 rings (SSSR count). The minimum atomic E-state index is -0.532. The molecular formula is C24H23N7O3. The molecule has 0 aliphatic heterocycles. The average molecular weight is 457 g/mol. The zero-order valence-electron chi connectivity index (χ0n) is 18.7. The molecule has 0 fully saturated rings. The van der Waals surface area contributed by atoms with Crippen LogP contribution in [0.1, 0.15) is 22.8 Å². The number of aryl methyl sites for hydroxylation is 1. The van der Waals surface area contributed by atoms with E-state index in [2.05, 4.69) is 25.6 Å². The molecule has 2 amide bonds. The smallest absolute Gasteiger partial charge is 0.258 e. The Balaban J connectivity index is 1.63. The van der Waals surface area contributed by atoms with E-state index in [1.165, 1.54) is 13.4 Å². The van der Waals surface area contributed by atoms with E-state index in [-0.39, 0.29) is 23.7 Å². The van der Waals surface area contributed by atoms with Gasteiger partial charge in [0, 0.05) is 25.4 Å². The molecule has 1 aromatic carbocycles. The summed E-state index contributed by atoms with van der Waals surface area (Å²) in [7, 11) is 1.45. The molecule has 0 spiro atoms. The van der Waals surface area contributed by atoms with Crippen LogP contribution in [0.2, 0.25) is 0 Å². The van der Waals surface area contributed by atoms with E-state index in [1.54, 1.807) is 29.0 Å². The summed E-state index contributed by atoms with van der Waals surface area (Å²) >= 11 is 0. The van der Waals surface area contributed by atoms with E-state index < -0.39 is 11.3 Å². The Kier molecular flexibility index (Phi) is 6.30. The van der Waals surface area contributed by atoms with Crippen LogP contribution in [0, 0.1) is 0 Å². The van der Waals surface area contributed by atoms with Crippen molar-refractivity contribution in [3.8, 4) is 11.3 Å². The largest absolute Gasteiger partial charge is 0.384 e. The first kappa shape index (κ1) is 22.6. The van der Waals surface area contributed by atoms with Crippen LogP contribution in [0.5, 0.6) is 0 Å². The second-order valence-corrected chi connectivity index (χ2v) is 7.50. The molecule has 0 saturated carbocycles. The van der Waals surface area contributed by atoms with Crippen LogP contribution < -0.4 is 21.8 Å². The van der Waals surface area contributed by atoms with Crippen LogP contribution in [0.25, 0.3) is 22.3 Å². The summed E-state index contributed by atoms with van der Waals surface area (Å²) in [6.07, 6.45) is 3.11.